The van der Waals surface area contributed by atoms with Crippen LogP contribution in [0.5, 0.6) is 0 Å². The largest absolute Gasteiger partial charge is 0.324 e. The molecule has 0 spiro atoms. The van der Waals surface area contributed by atoms with Crippen molar-refractivity contribution in [1.29, 1.82) is 0 Å². The first-order valence-electron chi connectivity index (χ1n) is 3.13. The molecule has 0 radical (unpaired) electrons. The van der Waals surface area contributed by atoms with Gasteiger partial charge in [0, 0.05) is 0 Å². The highest BCUT2D eigenvalue weighted by Crippen LogP contribution is 1.85. The molecule has 52 valence electrons. The van der Waals surface area contributed by atoms with Crippen molar-refractivity contribution in [3.63, 3.8) is 0 Å². The Hall–Kier alpha value is -0.803. The fraction of sp³-hybridized carbons (Fsp3) is 0.143. The minimum Gasteiger partial charge on any atom is -0.324 e. The molecule has 10 heavy (non-hydrogen) atoms. The summed E-state index contributed by atoms with van der Waals surface area (Å²) < 4.78 is 0. The van der Waals surface area contributed by atoms with E-state index in [4.69, 9.17) is 5.73 Å². The Morgan fingerprint density at radius 2 is 1.90 bits per heavy atom. The Kier molecular flexibility index (Phi) is 2.47. The van der Waals surface area contributed by atoms with Gasteiger partial charge in [-0.05, 0) is 0 Å². The maximum atomic E-state index is 11.0. The van der Waals surface area contributed by atoms with Crippen LogP contribution >= 0.6 is 0 Å². The molecular formula is C7H9NOSi. The fourth-order valence-electron chi connectivity index (χ4n) is 0.742. The van der Waals surface area contributed by atoms with Gasteiger partial charge in [-0.1, -0.05) is 29.6 Å². The van der Waals surface area contributed by atoms with Gasteiger partial charge in [-0.25, -0.2) is 0 Å². The minimum atomic E-state index is -1.03. The summed E-state index contributed by atoms with van der Waals surface area (Å²) in [5.74, 6) is 0. The summed E-state index contributed by atoms with van der Waals surface area (Å²) in [7, 11) is -1.03. The molecular weight excluding hydrogens is 142 g/mol. The Morgan fingerprint density at radius 1 is 1.30 bits per heavy atom. The van der Waals surface area contributed by atoms with Crippen molar-refractivity contribution in [3.8, 4) is 0 Å². The molecule has 1 aromatic rings. The molecule has 1 aromatic heterocycles. The quantitative estimate of drug-likeness (QED) is 0.618. The average Bonchev–Trinajstić information content (AvgIpc) is 2.05. The summed E-state index contributed by atoms with van der Waals surface area (Å²) in [6.07, 6.45) is 0. The lowest BCUT2D eigenvalue weighted by molar-refractivity contribution is 0.104. The van der Waals surface area contributed by atoms with E-state index >= 15 is 0 Å². The van der Waals surface area contributed by atoms with Crippen LogP contribution < -0.4 is 5.73 Å². The molecule has 0 bridgehead atoms. The van der Waals surface area contributed by atoms with Crippen molar-refractivity contribution in [2.24, 2.45) is 5.73 Å². The van der Waals surface area contributed by atoms with Crippen molar-refractivity contribution in [2.75, 3.05) is 6.54 Å². The van der Waals surface area contributed by atoms with E-state index in [0.717, 1.165) is 0 Å². The Labute approximate surface area is 61.2 Å². The monoisotopic (exact) mass is 151 g/mol. The van der Waals surface area contributed by atoms with Gasteiger partial charge < -0.3 is 5.73 Å². The average molecular weight is 151 g/mol. The summed E-state index contributed by atoms with van der Waals surface area (Å²) >= 11 is 0. The molecule has 0 aliphatic rings. The molecule has 0 atom stereocenters. The molecule has 2 N–H and O–H groups in total. The zero-order chi connectivity index (χ0) is 7.40. The topological polar surface area (TPSA) is 43.1 Å². The number of carbonyl (C=O) groups excluding carboxylic acids is 1. The minimum absolute atomic E-state index is 0.170. The lowest BCUT2D eigenvalue weighted by atomic mass is 10.6. The molecule has 0 saturated heterocycles. The summed E-state index contributed by atoms with van der Waals surface area (Å²) in [5, 5.41) is 0.172. The lowest BCUT2D eigenvalue weighted by Crippen LogP contribution is -2.21. The third-order valence-corrected chi connectivity index (χ3v) is 3.23. The summed E-state index contributed by atoms with van der Waals surface area (Å²) in [4.78, 5) is 11.0. The van der Waals surface area contributed by atoms with Gasteiger partial charge in [-0.15, -0.1) is 0 Å². The second-order valence-electron chi connectivity index (χ2n) is 1.99. The molecule has 0 aliphatic carbocycles. The molecule has 3 heteroatoms. The molecule has 0 aromatic carbocycles. The van der Waals surface area contributed by atoms with Crippen LogP contribution in [-0.4, -0.2) is 20.3 Å². The molecule has 2 nitrogen and oxygen atoms in total. The number of hydrogen-bond donors (Lipinski definition) is 1. The van der Waals surface area contributed by atoms with E-state index in [1.165, 1.54) is 0 Å². The van der Waals surface area contributed by atoms with Gasteiger partial charge in [0.15, 0.2) is 0 Å². The Bertz CT molecular complexity index is 222. The third-order valence-electron chi connectivity index (χ3n) is 1.28. The maximum Gasteiger partial charge on any atom is 0.147 e. The van der Waals surface area contributed by atoms with Crippen LogP contribution in [0.15, 0.2) is 29.6 Å². The highest BCUT2D eigenvalue weighted by atomic mass is 28.2. The number of carbonyl (C=O) groups is 1. The lowest BCUT2D eigenvalue weighted by Gasteiger charge is -1.92. The van der Waals surface area contributed by atoms with Crippen LogP contribution in [0.2, 0.25) is 0 Å². The van der Waals surface area contributed by atoms with Gasteiger partial charge in [0.05, 0.1) is 6.54 Å². The Balaban J connectivity index is 2.85. The van der Waals surface area contributed by atoms with E-state index in [1.54, 1.807) is 0 Å². The second-order valence-corrected chi connectivity index (χ2v) is 4.13. The normalized spacial score (nSPS) is 9.30. The molecule has 0 unspecified atom stereocenters. The maximum absolute atomic E-state index is 11.0. The van der Waals surface area contributed by atoms with Crippen molar-refractivity contribution >= 4 is 13.8 Å². The van der Waals surface area contributed by atoms with Crippen LogP contribution in [0.3, 0.4) is 0 Å². The fourth-order valence-corrected chi connectivity index (χ4v) is 2.10. The zero-order valence-electron chi connectivity index (χ0n) is 5.58. The number of rotatable bonds is 2. The standard InChI is InChI=1S/C7H9NOSi/c8-6-7(9)10-4-2-1-3-5-10/h1-5H,6,8H2. The smallest absolute Gasteiger partial charge is 0.147 e. The van der Waals surface area contributed by atoms with E-state index in [1.807, 2.05) is 29.6 Å². The number of hydrogen-bond acceptors (Lipinski definition) is 2. The van der Waals surface area contributed by atoms with Crippen molar-refractivity contribution in [2.45, 2.75) is 0 Å². The Morgan fingerprint density at radius 3 is 2.40 bits per heavy atom. The van der Waals surface area contributed by atoms with Crippen LogP contribution in [0.25, 0.3) is 0 Å². The van der Waals surface area contributed by atoms with Gasteiger partial charge in [0.25, 0.3) is 0 Å². The summed E-state index contributed by atoms with van der Waals surface area (Å²) in [6, 6.07) is 5.72. The van der Waals surface area contributed by atoms with Gasteiger partial charge in [-0.2, -0.15) is 0 Å². The second kappa shape index (κ2) is 3.39. The summed E-state index contributed by atoms with van der Waals surface area (Å²) in [6.45, 7) is 0.170. The number of nitrogens with two attached hydrogens (primary N) is 1. The van der Waals surface area contributed by atoms with Crippen molar-refractivity contribution in [3.05, 3.63) is 29.6 Å². The first kappa shape index (κ1) is 7.31. The van der Waals surface area contributed by atoms with E-state index < -0.39 is 8.40 Å². The van der Waals surface area contributed by atoms with Gasteiger partial charge in [0.2, 0.25) is 0 Å². The SMILES string of the molecule is NCC(=O)[si]1ccccc1. The van der Waals surface area contributed by atoms with Gasteiger partial charge in [-0.3, -0.25) is 4.79 Å². The van der Waals surface area contributed by atoms with Crippen LogP contribution in [0, 0.1) is 0 Å². The molecule has 0 fully saturated rings. The molecule has 0 saturated carbocycles. The van der Waals surface area contributed by atoms with Crippen LogP contribution in [-0.2, 0) is 0 Å². The van der Waals surface area contributed by atoms with Crippen LogP contribution in [0.4, 0.5) is 0 Å². The zero-order valence-corrected chi connectivity index (χ0v) is 6.58. The predicted molar refractivity (Wildman–Crippen MR) is 42.1 cm³/mol. The molecule has 0 aliphatic heterocycles. The highest BCUT2D eigenvalue weighted by molar-refractivity contribution is 6.83. The predicted octanol–water partition coefficient (Wildman–Crippen LogP) is 0.311. The molecule has 0 amide bonds. The van der Waals surface area contributed by atoms with Gasteiger partial charge in [0.1, 0.15) is 13.8 Å². The van der Waals surface area contributed by atoms with E-state index in [0.29, 0.717) is 0 Å². The summed E-state index contributed by atoms with van der Waals surface area (Å²) in [5.41, 5.74) is 9.09. The van der Waals surface area contributed by atoms with E-state index in [-0.39, 0.29) is 12.0 Å². The van der Waals surface area contributed by atoms with Crippen molar-refractivity contribution in [1.82, 2.24) is 0 Å². The molecule has 1 heterocycles. The van der Waals surface area contributed by atoms with Crippen LogP contribution in [0.1, 0.15) is 4.79 Å². The van der Waals surface area contributed by atoms with E-state index in [2.05, 4.69) is 0 Å². The first-order valence-corrected chi connectivity index (χ1v) is 4.78. The molecule has 1 rings (SSSR count). The van der Waals surface area contributed by atoms with Gasteiger partial charge >= 0.3 is 0 Å². The highest BCUT2D eigenvalue weighted by Gasteiger charge is 2.00. The first-order chi connectivity index (χ1) is 4.84. The van der Waals surface area contributed by atoms with Crippen molar-refractivity contribution < 1.29 is 4.79 Å². The third kappa shape index (κ3) is 1.59. The van der Waals surface area contributed by atoms with E-state index in [9.17, 15) is 4.79 Å².